The van der Waals surface area contributed by atoms with Crippen molar-refractivity contribution in [2.45, 2.75) is 57.3 Å². The second-order valence-electron chi connectivity index (χ2n) is 11.1. The van der Waals surface area contributed by atoms with Gasteiger partial charge in [-0.3, -0.25) is 14.6 Å². The van der Waals surface area contributed by atoms with E-state index in [2.05, 4.69) is 20.9 Å². The van der Waals surface area contributed by atoms with Crippen molar-refractivity contribution < 1.29 is 22.8 Å². The molecule has 6 nitrogen and oxygen atoms in total. The van der Waals surface area contributed by atoms with E-state index in [0.717, 1.165) is 54.4 Å². The van der Waals surface area contributed by atoms with Gasteiger partial charge in [0, 0.05) is 34.8 Å². The number of hydrogen-bond donors (Lipinski definition) is 2. The molecular weight excluding hydrogens is 553 g/mol. The van der Waals surface area contributed by atoms with Crippen LogP contribution in [0.5, 0.6) is 0 Å². The molecule has 2 aromatic heterocycles. The van der Waals surface area contributed by atoms with E-state index in [1.165, 1.54) is 23.8 Å². The summed E-state index contributed by atoms with van der Waals surface area (Å²) in [4.78, 5) is 30.2. The molecule has 2 unspecified atom stereocenters. The van der Waals surface area contributed by atoms with Gasteiger partial charge >= 0.3 is 0 Å². The smallest absolute Gasteiger partial charge is 0.251 e. The Bertz CT molecular complexity index is 1790. The van der Waals surface area contributed by atoms with E-state index in [9.17, 15) is 22.8 Å². The van der Waals surface area contributed by atoms with Gasteiger partial charge in [0.15, 0.2) is 0 Å². The topological polar surface area (TPSA) is 90.0 Å². The van der Waals surface area contributed by atoms with Gasteiger partial charge in [-0.15, -0.1) is 0 Å². The fraction of sp³-hybridized carbons (Fsp3) is 0.265. The highest BCUT2D eigenvalue weighted by Crippen LogP contribution is 2.35. The molecule has 2 aliphatic carbocycles. The Labute approximate surface area is 247 Å². The maximum absolute atomic E-state index is 14.3. The van der Waals surface area contributed by atoms with E-state index in [4.69, 9.17) is 5.73 Å². The third-order valence-electron chi connectivity index (χ3n) is 8.24. The number of alkyl halides is 1. The predicted molar refractivity (Wildman–Crippen MR) is 159 cm³/mol. The number of benzene rings is 2. The van der Waals surface area contributed by atoms with Crippen molar-refractivity contribution in [3.8, 4) is 11.1 Å². The molecule has 220 valence electrons. The fourth-order valence-electron chi connectivity index (χ4n) is 6.38. The Balaban J connectivity index is 1.37. The molecule has 4 aromatic rings. The van der Waals surface area contributed by atoms with Crippen molar-refractivity contribution in [3.63, 3.8) is 0 Å². The first-order valence-electron chi connectivity index (χ1n) is 14.4. The molecule has 2 aliphatic rings. The lowest BCUT2D eigenvalue weighted by atomic mass is 9.91. The van der Waals surface area contributed by atoms with Crippen LogP contribution in [-0.4, -0.2) is 27.5 Å². The van der Waals surface area contributed by atoms with Crippen LogP contribution in [-0.2, 0) is 24.2 Å². The first-order valence-corrected chi connectivity index (χ1v) is 14.4. The zero-order valence-electron chi connectivity index (χ0n) is 23.5. The third kappa shape index (κ3) is 5.84. The quantitative estimate of drug-likeness (QED) is 0.245. The summed E-state index contributed by atoms with van der Waals surface area (Å²) in [5.74, 6) is -2.62. The number of allylic oxidation sites excluding steroid dienone is 3. The molecule has 2 atom stereocenters. The molecule has 2 aromatic carbocycles. The van der Waals surface area contributed by atoms with Crippen LogP contribution in [0.1, 0.15) is 59.0 Å². The van der Waals surface area contributed by atoms with E-state index >= 15 is 0 Å². The third-order valence-corrected chi connectivity index (χ3v) is 8.24. The highest BCUT2D eigenvalue weighted by atomic mass is 19.1. The summed E-state index contributed by atoms with van der Waals surface area (Å²) in [7, 11) is 0. The number of aryl methyl sites for hydroxylation is 1. The van der Waals surface area contributed by atoms with E-state index < -0.39 is 29.8 Å². The zero-order valence-corrected chi connectivity index (χ0v) is 23.5. The van der Waals surface area contributed by atoms with E-state index in [0.29, 0.717) is 22.4 Å². The summed E-state index contributed by atoms with van der Waals surface area (Å²) in [5, 5.41) is 4.24. The number of carbonyl (C=O) groups excluding carboxylic acids is 2. The number of rotatable bonds is 8. The lowest BCUT2D eigenvalue weighted by Crippen LogP contribution is -2.33. The Morgan fingerprint density at radius 3 is 2.70 bits per heavy atom. The minimum atomic E-state index is -1.48. The second-order valence-corrected chi connectivity index (χ2v) is 11.1. The van der Waals surface area contributed by atoms with E-state index in [-0.39, 0.29) is 30.9 Å². The van der Waals surface area contributed by atoms with Crippen LogP contribution in [0.4, 0.5) is 13.2 Å². The number of nitrogens with one attached hydrogen (secondary N) is 1. The average Bonchev–Trinajstić information content (AvgIpc) is 3.30. The predicted octanol–water partition coefficient (Wildman–Crippen LogP) is 6.59. The summed E-state index contributed by atoms with van der Waals surface area (Å²) >= 11 is 0. The molecule has 9 heteroatoms. The number of hydrogen-bond acceptors (Lipinski definition) is 3. The molecule has 0 radical (unpaired) electrons. The minimum absolute atomic E-state index is 0.0138. The Morgan fingerprint density at radius 1 is 1.07 bits per heavy atom. The molecule has 0 fully saturated rings. The fourth-order valence-corrected chi connectivity index (χ4v) is 6.38. The van der Waals surface area contributed by atoms with Gasteiger partial charge in [-0.05, 0) is 79.6 Å². The van der Waals surface area contributed by atoms with Crippen molar-refractivity contribution in [2.24, 2.45) is 5.73 Å². The molecular formula is C34H31F3N4O2. The summed E-state index contributed by atoms with van der Waals surface area (Å²) in [6, 6.07) is 14.7. The van der Waals surface area contributed by atoms with Gasteiger partial charge in [-0.1, -0.05) is 35.9 Å². The first kappa shape index (κ1) is 28.5. The Hall–Kier alpha value is -4.66. The van der Waals surface area contributed by atoms with Crippen LogP contribution >= 0.6 is 0 Å². The molecule has 3 N–H and O–H groups in total. The van der Waals surface area contributed by atoms with Crippen LogP contribution in [0.15, 0.2) is 84.3 Å². The Morgan fingerprint density at radius 2 is 1.88 bits per heavy atom. The van der Waals surface area contributed by atoms with Crippen molar-refractivity contribution >= 4 is 22.7 Å². The monoisotopic (exact) mass is 584 g/mol. The molecule has 2 amide bonds. The minimum Gasteiger partial charge on any atom is -0.366 e. The van der Waals surface area contributed by atoms with Crippen LogP contribution in [0, 0.1) is 5.82 Å². The number of amides is 2. The van der Waals surface area contributed by atoms with Gasteiger partial charge in [-0.2, -0.15) is 0 Å². The molecule has 0 saturated carbocycles. The van der Waals surface area contributed by atoms with Gasteiger partial charge in [-0.25, -0.2) is 13.2 Å². The van der Waals surface area contributed by atoms with Gasteiger partial charge < -0.3 is 15.6 Å². The number of carbonyl (C=O) groups is 2. The van der Waals surface area contributed by atoms with Crippen molar-refractivity contribution in [3.05, 3.63) is 113 Å². The number of nitrogens with two attached hydrogens (primary N) is 1. The number of pyridine rings is 1. The maximum Gasteiger partial charge on any atom is 0.251 e. The number of halogens is 3. The van der Waals surface area contributed by atoms with Gasteiger partial charge in [0.25, 0.3) is 5.91 Å². The highest BCUT2D eigenvalue weighted by molar-refractivity contribution is 5.94. The molecule has 0 saturated heterocycles. The standard InChI is InChI=1S/C34H31F3N4O2/c35-22-14-20(15-23(36)18-22)16-29(33-24(8-5-13-39-33)21-11-12-28(37)27(17-21)34(38)43)40-32(42)19-41-30-9-3-1-6-25(30)26-7-2-4-10-31(26)41/h1,3,5-6,8-9,11-14,17-18,23,29H,2,4,7,10,15-16,19H2,(H2,38,43)(H,40,42). The summed E-state index contributed by atoms with van der Waals surface area (Å²) in [6.07, 6.45) is 6.38. The zero-order chi connectivity index (χ0) is 30.1. The number of aromatic nitrogens is 2. The summed E-state index contributed by atoms with van der Waals surface area (Å²) < 4.78 is 44.9. The van der Waals surface area contributed by atoms with Crippen LogP contribution in [0.25, 0.3) is 22.0 Å². The highest BCUT2D eigenvalue weighted by Gasteiger charge is 2.27. The van der Waals surface area contributed by atoms with Crippen LogP contribution < -0.4 is 11.1 Å². The number of primary amides is 1. The second kappa shape index (κ2) is 11.9. The van der Waals surface area contributed by atoms with Crippen molar-refractivity contribution in [1.82, 2.24) is 14.9 Å². The summed E-state index contributed by atoms with van der Waals surface area (Å²) in [6.45, 7) is 0.0654. The van der Waals surface area contributed by atoms with E-state index in [1.54, 1.807) is 18.3 Å². The number of nitrogens with zero attached hydrogens (tertiary/aromatic N) is 2. The van der Waals surface area contributed by atoms with Crippen LogP contribution in [0.2, 0.25) is 0 Å². The SMILES string of the molecule is NC(=O)c1cc(-c2cccnc2C(CC2=CC(F)=CC(F)C2)NC(=O)Cn2c3c(c4ccccc42)CCCC3)ccc1F. The Kier molecular flexibility index (Phi) is 7.88. The largest absolute Gasteiger partial charge is 0.366 e. The number of para-hydroxylation sites is 1. The summed E-state index contributed by atoms with van der Waals surface area (Å²) in [5.41, 5.74) is 10.4. The van der Waals surface area contributed by atoms with E-state index in [1.807, 2.05) is 18.2 Å². The molecule has 43 heavy (non-hydrogen) atoms. The average molecular weight is 585 g/mol. The normalized spacial score (nSPS) is 17.1. The lowest BCUT2D eigenvalue weighted by molar-refractivity contribution is -0.122. The van der Waals surface area contributed by atoms with Gasteiger partial charge in [0.1, 0.15) is 24.4 Å². The van der Waals surface area contributed by atoms with Gasteiger partial charge in [0.2, 0.25) is 5.91 Å². The molecule has 6 rings (SSSR count). The molecule has 0 aliphatic heterocycles. The van der Waals surface area contributed by atoms with Crippen LogP contribution in [0.3, 0.4) is 0 Å². The first-order chi connectivity index (χ1) is 20.8. The number of fused-ring (bicyclic) bond motifs is 3. The molecule has 0 spiro atoms. The molecule has 2 heterocycles. The van der Waals surface area contributed by atoms with Crippen molar-refractivity contribution in [1.29, 1.82) is 0 Å². The molecule has 0 bridgehead atoms. The van der Waals surface area contributed by atoms with Crippen molar-refractivity contribution in [2.75, 3.05) is 0 Å². The lowest BCUT2D eigenvalue weighted by Gasteiger charge is -2.24. The van der Waals surface area contributed by atoms with Gasteiger partial charge in [0.05, 0.1) is 17.3 Å². The maximum atomic E-state index is 14.3.